The van der Waals surface area contributed by atoms with Gasteiger partial charge in [0, 0.05) is 29.8 Å². The second kappa shape index (κ2) is 4.63. The Morgan fingerprint density at radius 1 is 1.19 bits per heavy atom. The van der Waals surface area contributed by atoms with Gasteiger partial charge in [0.1, 0.15) is 0 Å². The fourth-order valence-corrected chi connectivity index (χ4v) is 2.98. The lowest BCUT2D eigenvalue weighted by Crippen LogP contribution is -2.93. The molecule has 0 aliphatic carbocycles. The number of nitrogens with zero attached hydrogens (tertiary/aromatic N) is 1. The van der Waals surface area contributed by atoms with Crippen molar-refractivity contribution in [2.45, 2.75) is 71.5 Å². The number of nitrogens with two attached hydrogens (primary N) is 1. The fourth-order valence-electron chi connectivity index (χ4n) is 2.98. The van der Waals surface area contributed by atoms with Gasteiger partial charge < -0.3 is 10.5 Å². The molecule has 0 spiro atoms. The van der Waals surface area contributed by atoms with E-state index in [1.54, 1.807) is 5.06 Å². The predicted molar refractivity (Wildman–Crippen MR) is 66.4 cm³/mol. The van der Waals surface area contributed by atoms with Crippen molar-refractivity contribution in [1.82, 2.24) is 5.06 Å². The van der Waals surface area contributed by atoms with Crippen molar-refractivity contribution in [2.75, 3.05) is 6.54 Å². The van der Waals surface area contributed by atoms with Gasteiger partial charge in [-0.05, 0) is 27.7 Å². The summed E-state index contributed by atoms with van der Waals surface area (Å²) in [6.45, 7) is 14.2. The molecule has 1 heterocycles. The lowest BCUT2D eigenvalue weighted by Gasteiger charge is -2.50. The summed E-state index contributed by atoms with van der Waals surface area (Å²) >= 11 is 0. The van der Waals surface area contributed by atoms with E-state index in [0.29, 0.717) is 6.04 Å². The van der Waals surface area contributed by atoms with Gasteiger partial charge in [-0.15, -0.1) is 0 Å². The van der Waals surface area contributed by atoms with E-state index in [0.717, 1.165) is 18.8 Å². The minimum atomic E-state index is -0.111. The maximum atomic E-state index is 10.2. The van der Waals surface area contributed by atoms with E-state index in [-0.39, 0.29) is 11.1 Å². The third kappa shape index (κ3) is 3.19. The SMILES string of the molecule is CC(C)C[NH2+]C1CC(C)(C)N(O)C(C)(C)C1. The van der Waals surface area contributed by atoms with Gasteiger partial charge in [-0.1, -0.05) is 13.8 Å². The highest BCUT2D eigenvalue weighted by Crippen LogP contribution is 2.35. The highest BCUT2D eigenvalue weighted by Gasteiger charge is 2.46. The van der Waals surface area contributed by atoms with E-state index in [2.05, 4.69) is 46.9 Å². The maximum Gasteiger partial charge on any atom is 0.0896 e. The quantitative estimate of drug-likeness (QED) is 0.772. The molecule has 3 nitrogen and oxygen atoms in total. The van der Waals surface area contributed by atoms with Crippen molar-refractivity contribution in [3.63, 3.8) is 0 Å². The Morgan fingerprint density at radius 2 is 1.62 bits per heavy atom. The lowest BCUT2D eigenvalue weighted by molar-refractivity contribution is -0.701. The predicted octanol–water partition coefficient (Wildman–Crippen LogP) is 1.62. The van der Waals surface area contributed by atoms with Crippen molar-refractivity contribution in [3.8, 4) is 0 Å². The van der Waals surface area contributed by atoms with Gasteiger partial charge in [0.15, 0.2) is 0 Å². The largest absolute Gasteiger partial charge is 0.343 e. The molecule has 0 aromatic rings. The molecule has 1 rings (SSSR count). The summed E-state index contributed by atoms with van der Waals surface area (Å²) in [6, 6.07) is 0.635. The van der Waals surface area contributed by atoms with Crippen molar-refractivity contribution in [1.29, 1.82) is 0 Å². The van der Waals surface area contributed by atoms with Crippen LogP contribution in [0.4, 0.5) is 0 Å². The first-order valence-corrected chi connectivity index (χ1v) is 6.48. The Morgan fingerprint density at radius 3 is 2.00 bits per heavy atom. The zero-order valence-electron chi connectivity index (χ0n) is 11.7. The van der Waals surface area contributed by atoms with Crippen LogP contribution in [-0.2, 0) is 0 Å². The van der Waals surface area contributed by atoms with Crippen LogP contribution in [0.1, 0.15) is 54.4 Å². The Hall–Kier alpha value is -0.120. The molecule has 3 N–H and O–H groups in total. The van der Waals surface area contributed by atoms with Crippen molar-refractivity contribution >= 4 is 0 Å². The molecular formula is C13H29N2O+. The van der Waals surface area contributed by atoms with Crippen molar-refractivity contribution in [2.24, 2.45) is 5.92 Å². The van der Waals surface area contributed by atoms with E-state index in [4.69, 9.17) is 0 Å². The highest BCUT2D eigenvalue weighted by atomic mass is 16.5. The van der Waals surface area contributed by atoms with Gasteiger partial charge in [-0.25, -0.2) is 0 Å². The van der Waals surface area contributed by atoms with Gasteiger partial charge in [-0.3, -0.25) is 0 Å². The Labute approximate surface area is 100 Å². The zero-order valence-corrected chi connectivity index (χ0v) is 11.7. The van der Waals surface area contributed by atoms with E-state index < -0.39 is 0 Å². The molecule has 1 saturated heterocycles. The number of rotatable bonds is 3. The second-order valence-corrected chi connectivity index (χ2v) is 6.97. The Bertz CT molecular complexity index is 218. The van der Waals surface area contributed by atoms with E-state index in [1.807, 2.05) is 0 Å². The summed E-state index contributed by atoms with van der Waals surface area (Å²) in [4.78, 5) is 0. The third-order valence-corrected chi connectivity index (χ3v) is 3.61. The molecule has 0 amide bonds. The fraction of sp³-hybridized carbons (Fsp3) is 1.00. The average molecular weight is 229 g/mol. The minimum Gasteiger partial charge on any atom is -0.343 e. The Balaban J connectivity index is 2.64. The maximum absolute atomic E-state index is 10.2. The minimum absolute atomic E-state index is 0.111. The molecule has 1 aliphatic rings. The number of quaternary nitrogens is 1. The molecule has 0 saturated carbocycles. The zero-order chi connectivity index (χ0) is 12.6. The Kier molecular flexibility index (Phi) is 4.04. The molecule has 0 atom stereocenters. The van der Waals surface area contributed by atoms with Gasteiger partial charge >= 0.3 is 0 Å². The third-order valence-electron chi connectivity index (χ3n) is 3.61. The van der Waals surface area contributed by atoms with E-state index in [9.17, 15) is 5.21 Å². The van der Waals surface area contributed by atoms with Crippen LogP contribution in [0.5, 0.6) is 0 Å². The molecule has 0 radical (unpaired) electrons. The van der Waals surface area contributed by atoms with Crippen LogP contribution < -0.4 is 5.32 Å². The number of hydrogen-bond acceptors (Lipinski definition) is 2. The first-order chi connectivity index (χ1) is 7.15. The molecule has 0 unspecified atom stereocenters. The molecule has 3 heteroatoms. The number of hydroxylamine groups is 2. The topological polar surface area (TPSA) is 40.1 Å². The number of hydrogen-bond donors (Lipinski definition) is 2. The molecular weight excluding hydrogens is 200 g/mol. The van der Waals surface area contributed by atoms with Gasteiger partial charge in [0.05, 0.1) is 12.6 Å². The molecule has 16 heavy (non-hydrogen) atoms. The second-order valence-electron chi connectivity index (χ2n) is 6.97. The monoisotopic (exact) mass is 229 g/mol. The van der Waals surface area contributed by atoms with Gasteiger partial charge in [-0.2, -0.15) is 5.06 Å². The van der Waals surface area contributed by atoms with Crippen molar-refractivity contribution in [3.05, 3.63) is 0 Å². The van der Waals surface area contributed by atoms with Gasteiger partial charge in [0.2, 0.25) is 0 Å². The first kappa shape index (κ1) is 13.9. The van der Waals surface area contributed by atoms with E-state index >= 15 is 0 Å². The molecule has 96 valence electrons. The van der Waals surface area contributed by atoms with E-state index in [1.165, 1.54) is 6.54 Å². The van der Waals surface area contributed by atoms with Crippen LogP contribution in [0.15, 0.2) is 0 Å². The van der Waals surface area contributed by atoms with Gasteiger partial charge in [0.25, 0.3) is 0 Å². The van der Waals surface area contributed by atoms with Crippen LogP contribution >= 0.6 is 0 Å². The van der Waals surface area contributed by atoms with Crippen LogP contribution in [0.2, 0.25) is 0 Å². The first-order valence-electron chi connectivity index (χ1n) is 6.48. The number of piperidine rings is 1. The molecule has 0 bridgehead atoms. The standard InChI is InChI=1S/C13H28N2O/c1-10(2)9-14-11-7-12(3,4)15(16)13(5,6)8-11/h10-11,14,16H,7-9H2,1-6H3/p+1. The molecule has 0 aromatic heterocycles. The summed E-state index contributed by atoms with van der Waals surface area (Å²) < 4.78 is 0. The molecule has 1 aliphatic heterocycles. The summed E-state index contributed by atoms with van der Waals surface area (Å²) in [7, 11) is 0. The smallest absolute Gasteiger partial charge is 0.0896 e. The average Bonchev–Trinajstić information content (AvgIpc) is 2.10. The van der Waals surface area contributed by atoms with Crippen LogP contribution in [-0.4, -0.2) is 33.9 Å². The molecule has 0 aromatic carbocycles. The van der Waals surface area contributed by atoms with Crippen LogP contribution in [0.25, 0.3) is 0 Å². The summed E-state index contributed by atoms with van der Waals surface area (Å²) in [5.41, 5.74) is -0.222. The van der Waals surface area contributed by atoms with Crippen LogP contribution in [0.3, 0.4) is 0 Å². The summed E-state index contributed by atoms with van der Waals surface area (Å²) in [5, 5.41) is 14.2. The highest BCUT2D eigenvalue weighted by molar-refractivity contribution is 4.95. The summed E-state index contributed by atoms with van der Waals surface area (Å²) in [6.07, 6.45) is 2.11. The lowest BCUT2D eigenvalue weighted by atomic mass is 9.79. The summed E-state index contributed by atoms with van der Waals surface area (Å²) in [5.74, 6) is 0.735. The normalized spacial score (nSPS) is 26.2. The molecule has 1 fully saturated rings. The van der Waals surface area contributed by atoms with Crippen molar-refractivity contribution < 1.29 is 10.5 Å². The van der Waals surface area contributed by atoms with Crippen LogP contribution in [0, 0.1) is 5.92 Å².